The molecule has 0 bridgehead atoms. The van der Waals surface area contributed by atoms with Crippen LogP contribution in [0.3, 0.4) is 0 Å². The van der Waals surface area contributed by atoms with Crippen molar-refractivity contribution in [2.24, 2.45) is 10.7 Å². The van der Waals surface area contributed by atoms with Crippen molar-refractivity contribution in [3.8, 4) is 11.8 Å². The molecular weight excluding hydrogens is 397 g/mol. The second-order valence-corrected chi connectivity index (χ2v) is 4.51. The van der Waals surface area contributed by atoms with Gasteiger partial charge in [-0.1, -0.05) is 18.2 Å². The Kier molecular flexibility index (Phi) is 7.45. The third-order valence-electron chi connectivity index (χ3n) is 3.04. The number of para-hydroxylation sites is 1. The van der Waals surface area contributed by atoms with Crippen LogP contribution in [0.15, 0.2) is 29.3 Å². The van der Waals surface area contributed by atoms with Gasteiger partial charge < -0.3 is 21.1 Å². The molecule has 4 N–H and O–H groups in total. The smallest absolute Gasteiger partial charge is 0.242 e. The number of fused-ring (bicyclic) bond motifs is 1. The molecule has 1 aromatic rings. The van der Waals surface area contributed by atoms with Gasteiger partial charge in [-0.25, -0.2) is 4.99 Å². The third kappa shape index (κ3) is 5.07. The fourth-order valence-electron chi connectivity index (χ4n) is 2.07. The lowest BCUT2D eigenvalue weighted by molar-refractivity contribution is -0.119. The number of nitrogens with zero attached hydrogens (tertiary/aromatic N) is 2. The maximum atomic E-state index is 11.3. The summed E-state index contributed by atoms with van der Waals surface area (Å²) in [6.45, 7) is 0.463. The van der Waals surface area contributed by atoms with E-state index in [-0.39, 0.29) is 55.0 Å². The van der Waals surface area contributed by atoms with Crippen LogP contribution in [0.5, 0.6) is 5.75 Å². The van der Waals surface area contributed by atoms with Crippen molar-refractivity contribution in [3.63, 3.8) is 0 Å². The zero-order valence-corrected chi connectivity index (χ0v) is 14.2. The SMILES string of the molecule is I.N#CCNC(=O)CN=C(N)NC1CCOc2ccccc21. The molecule has 118 valence electrons. The van der Waals surface area contributed by atoms with Gasteiger partial charge in [-0.3, -0.25) is 4.79 Å². The topological polar surface area (TPSA) is 113 Å². The monoisotopic (exact) mass is 415 g/mol. The highest BCUT2D eigenvalue weighted by Crippen LogP contribution is 2.31. The van der Waals surface area contributed by atoms with Crippen LogP contribution in [-0.2, 0) is 4.79 Å². The van der Waals surface area contributed by atoms with E-state index in [9.17, 15) is 4.79 Å². The summed E-state index contributed by atoms with van der Waals surface area (Å²) in [5.74, 6) is 0.693. The Balaban J connectivity index is 0.00000242. The van der Waals surface area contributed by atoms with Gasteiger partial charge in [-0.2, -0.15) is 5.26 Å². The molecule has 8 heteroatoms. The van der Waals surface area contributed by atoms with Crippen LogP contribution in [0.1, 0.15) is 18.0 Å². The molecule has 0 aliphatic carbocycles. The second-order valence-electron chi connectivity index (χ2n) is 4.51. The fourth-order valence-corrected chi connectivity index (χ4v) is 2.07. The molecule has 1 heterocycles. The number of amides is 1. The van der Waals surface area contributed by atoms with Crippen molar-refractivity contribution in [2.45, 2.75) is 12.5 Å². The number of hydrogen-bond donors (Lipinski definition) is 3. The summed E-state index contributed by atoms with van der Waals surface area (Å²) in [7, 11) is 0. The summed E-state index contributed by atoms with van der Waals surface area (Å²) in [5, 5.41) is 13.8. The van der Waals surface area contributed by atoms with E-state index in [1.807, 2.05) is 30.3 Å². The molecule has 2 rings (SSSR count). The average molecular weight is 415 g/mol. The predicted molar refractivity (Wildman–Crippen MR) is 93.0 cm³/mol. The van der Waals surface area contributed by atoms with Crippen molar-refractivity contribution in [1.29, 1.82) is 5.26 Å². The summed E-state index contributed by atoms with van der Waals surface area (Å²) in [4.78, 5) is 15.3. The lowest BCUT2D eigenvalue weighted by atomic mass is 10.0. The summed E-state index contributed by atoms with van der Waals surface area (Å²) in [5.41, 5.74) is 6.82. The molecule has 7 nitrogen and oxygen atoms in total. The summed E-state index contributed by atoms with van der Waals surface area (Å²) >= 11 is 0. The molecule has 22 heavy (non-hydrogen) atoms. The molecule has 0 aromatic heterocycles. The zero-order chi connectivity index (χ0) is 15.1. The maximum absolute atomic E-state index is 11.3. The molecule has 0 spiro atoms. The van der Waals surface area contributed by atoms with E-state index in [2.05, 4.69) is 15.6 Å². The fraction of sp³-hybridized carbons (Fsp3) is 0.357. The van der Waals surface area contributed by atoms with E-state index < -0.39 is 0 Å². The molecule has 1 atom stereocenters. The number of nitriles is 1. The minimum atomic E-state index is -0.339. The Labute approximate surface area is 145 Å². The third-order valence-corrected chi connectivity index (χ3v) is 3.04. The second kappa shape index (κ2) is 9.09. The van der Waals surface area contributed by atoms with Crippen LogP contribution in [0.4, 0.5) is 0 Å². The van der Waals surface area contributed by atoms with Gasteiger partial charge in [0.25, 0.3) is 0 Å². The molecule has 1 aliphatic rings. The minimum absolute atomic E-state index is 0. The molecule has 0 saturated carbocycles. The van der Waals surface area contributed by atoms with Gasteiger partial charge >= 0.3 is 0 Å². The normalized spacial score (nSPS) is 16.3. The van der Waals surface area contributed by atoms with Crippen molar-refractivity contribution >= 4 is 35.8 Å². The van der Waals surface area contributed by atoms with Crippen LogP contribution in [0.25, 0.3) is 0 Å². The Bertz CT molecular complexity index is 585. The van der Waals surface area contributed by atoms with E-state index in [0.29, 0.717) is 6.61 Å². The average Bonchev–Trinajstić information content (AvgIpc) is 2.51. The Hall–Kier alpha value is -2.02. The molecule has 1 unspecified atom stereocenters. The molecule has 1 aromatic carbocycles. The van der Waals surface area contributed by atoms with Crippen LogP contribution >= 0.6 is 24.0 Å². The van der Waals surface area contributed by atoms with E-state index in [1.54, 1.807) is 0 Å². The molecule has 1 amide bonds. The number of nitrogens with one attached hydrogen (secondary N) is 2. The highest BCUT2D eigenvalue weighted by atomic mass is 127. The van der Waals surface area contributed by atoms with Crippen LogP contribution in [-0.4, -0.2) is 31.6 Å². The van der Waals surface area contributed by atoms with Gasteiger partial charge in [0.1, 0.15) is 18.8 Å². The lowest BCUT2D eigenvalue weighted by Crippen LogP contribution is -2.38. The number of nitrogens with two attached hydrogens (primary N) is 1. The van der Waals surface area contributed by atoms with Crippen molar-refractivity contribution in [2.75, 3.05) is 19.7 Å². The van der Waals surface area contributed by atoms with Gasteiger partial charge in [0.15, 0.2) is 5.96 Å². The maximum Gasteiger partial charge on any atom is 0.242 e. The van der Waals surface area contributed by atoms with Gasteiger partial charge in [0.2, 0.25) is 5.91 Å². The molecule has 0 radical (unpaired) electrons. The van der Waals surface area contributed by atoms with Gasteiger partial charge in [0, 0.05) is 12.0 Å². The largest absolute Gasteiger partial charge is 0.493 e. The number of rotatable bonds is 4. The number of guanidine groups is 1. The highest BCUT2D eigenvalue weighted by Gasteiger charge is 2.21. The number of carbonyl (C=O) groups excluding carboxylic acids is 1. The number of carbonyl (C=O) groups is 1. The van der Waals surface area contributed by atoms with E-state index in [1.165, 1.54) is 0 Å². The van der Waals surface area contributed by atoms with Crippen LogP contribution in [0, 0.1) is 11.3 Å². The molecular formula is C14H18IN5O2. The number of halogens is 1. The number of ether oxygens (including phenoxy) is 1. The summed E-state index contributed by atoms with van der Waals surface area (Å²) in [6.07, 6.45) is 0.772. The predicted octanol–water partition coefficient (Wildman–Crippen LogP) is 0.672. The molecule has 0 saturated heterocycles. The van der Waals surface area contributed by atoms with Crippen LogP contribution < -0.4 is 21.1 Å². The van der Waals surface area contributed by atoms with E-state index >= 15 is 0 Å². The minimum Gasteiger partial charge on any atom is -0.493 e. The van der Waals surface area contributed by atoms with E-state index in [4.69, 9.17) is 15.7 Å². The van der Waals surface area contributed by atoms with E-state index in [0.717, 1.165) is 17.7 Å². The van der Waals surface area contributed by atoms with Gasteiger partial charge in [-0.05, 0) is 6.07 Å². The van der Waals surface area contributed by atoms with Crippen LogP contribution in [0.2, 0.25) is 0 Å². The lowest BCUT2D eigenvalue weighted by Gasteiger charge is -2.26. The Morgan fingerprint density at radius 3 is 3.05 bits per heavy atom. The first-order chi connectivity index (χ1) is 10.2. The summed E-state index contributed by atoms with van der Waals surface area (Å²) < 4.78 is 5.56. The van der Waals surface area contributed by atoms with Crippen molar-refractivity contribution < 1.29 is 9.53 Å². The van der Waals surface area contributed by atoms with Crippen molar-refractivity contribution in [1.82, 2.24) is 10.6 Å². The molecule has 1 aliphatic heterocycles. The zero-order valence-electron chi connectivity index (χ0n) is 11.9. The first-order valence-electron chi connectivity index (χ1n) is 6.62. The first-order valence-corrected chi connectivity index (χ1v) is 6.62. The highest BCUT2D eigenvalue weighted by molar-refractivity contribution is 14.0. The van der Waals surface area contributed by atoms with Crippen molar-refractivity contribution in [3.05, 3.63) is 29.8 Å². The van der Waals surface area contributed by atoms with Gasteiger partial charge in [-0.15, -0.1) is 24.0 Å². The first kappa shape index (κ1) is 18.0. The van der Waals surface area contributed by atoms with Gasteiger partial charge in [0.05, 0.1) is 18.7 Å². The number of hydrogen-bond acceptors (Lipinski definition) is 4. The quantitative estimate of drug-likeness (QED) is 0.290. The standard InChI is InChI=1S/C14H17N5O2.HI/c15-6-7-17-13(20)9-18-14(16)19-11-5-8-21-12-4-2-1-3-10(11)12;/h1-4,11H,5,7-9H2,(H,17,20)(H3,16,18,19);1H. The molecule has 0 fully saturated rings. The number of benzene rings is 1. The number of aliphatic imine (C=N–C) groups is 1. The summed E-state index contributed by atoms with van der Waals surface area (Å²) in [6, 6.07) is 9.57. The Morgan fingerprint density at radius 2 is 2.27 bits per heavy atom. The Morgan fingerprint density at radius 1 is 1.50 bits per heavy atom.